The highest BCUT2D eigenvalue weighted by Crippen LogP contribution is 2.36. The summed E-state index contributed by atoms with van der Waals surface area (Å²) in [4.78, 5) is 3.81. The molecule has 0 bridgehead atoms. The summed E-state index contributed by atoms with van der Waals surface area (Å²) in [6.07, 6.45) is 2.39. The van der Waals surface area contributed by atoms with Gasteiger partial charge in [-0.1, -0.05) is 18.2 Å². The lowest BCUT2D eigenvalue weighted by Crippen LogP contribution is -2.37. The Morgan fingerprint density at radius 3 is 2.95 bits per heavy atom. The number of nitrogens with zero attached hydrogens (tertiary/aromatic N) is 1. The van der Waals surface area contributed by atoms with Crippen molar-refractivity contribution < 1.29 is 0 Å². The Morgan fingerprint density at radius 1 is 1.37 bits per heavy atom. The van der Waals surface area contributed by atoms with Crippen molar-refractivity contribution in [1.82, 2.24) is 0 Å². The number of anilines is 1. The fraction of sp³-hybridized carbons (Fsp3) is 0.333. The maximum Gasteiger partial charge on any atom is 0.0757 e. The van der Waals surface area contributed by atoms with Crippen LogP contribution in [0.25, 0.3) is 0 Å². The summed E-state index contributed by atoms with van der Waals surface area (Å²) in [5, 5.41) is 2.13. The highest BCUT2D eigenvalue weighted by atomic mass is 79.9. The molecule has 1 aromatic heterocycles. The molecule has 0 saturated carbocycles. The Balaban J connectivity index is 1.97. The molecule has 0 aliphatic carbocycles. The standard InChI is InChI=1S/C15H17BrN2S/c16-12-8-15(19-10-12)14(9-17)18-7-3-5-11-4-1-2-6-13(11)18/h1-2,4,6,8,10,14H,3,5,7,9,17H2. The molecule has 0 fully saturated rings. The molecule has 19 heavy (non-hydrogen) atoms. The molecule has 0 radical (unpaired) electrons. The van der Waals surface area contributed by atoms with Gasteiger partial charge in [0.15, 0.2) is 0 Å². The zero-order chi connectivity index (χ0) is 13.2. The molecular formula is C15H17BrN2S. The van der Waals surface area contributed by atoms with E-state index in [4.69, 9.17) is 5.73 Å². The van der Waals surface area contributed by atoms with Crippen molar-refractivity contribution in [2.24, 2.45) is 5.73 Å². The Labute approximate surface area is 126 Å². The first-order valence-electron chi connectivity index (χ1n) is 6.58. The molecule has 4 heteroatoms. The lowest BCUT2D eigenvalue weighted by Gasteiger charge is -2.37. The van der Waals surface area contributed by atoms with Crippen LogP contribution in [0.15, 0.2) is 40.2 Å². The van der Waals surface area contributed by atoms with Crippen molar-refractivity contribution in [3.05, 3.63) is 50.6 Å². The minimum absolute atomic E-state index is 0.290. The van der Waals surface area contributed by atoms with Gasteiger partial charge in [-0.15, -0.1) is 11.3 Å². The molecule has 3 rings (SSSR count). The van der Waals surface area contributed by atoms with Crippen LogP contribution in [0.2, 0.25) is 0 Å². The van der Waals surface area contributed by atoms with E-state index in [0.717, 1.165) is 11.0 Å². The minimum Gasteiger partial charge on any atom is -0.362 e. The molecule has 2 N–H and O–H groups in total. The van der Waals surface area contributed by atoms with Crippen molar-refractivity contribution in [3.8, 4) is 0 Å². The molecule has 2 nitrogen and oxygen atoms in total. The van der Waals surface area contributed by atoms with Crippen LogP contribution in [0.1, 0.15) is 22.9 Å². The molecule has 1 aliphatic heterocycles. The van der Waals surface area contributed by atoms with Gasteiger partial charge in [-0.3, -0.25) is 0 Å². The quantitative estimate of drug-likeness (QED) is 0.918. The predicted octanol–water partition coefficient (Wildman–Crippen LogP) is 3.96. The van der Waals surface area contributed by atoms with Gasteiger partial charge in [0, 0.05) is 33.5 Å². The first kappa shape index (κ1) is 13.2. The molecule has 0 saturated heterocycles. The van der Waals surface area contributed by atoms with E-state index < -0.39 is 0 Å². The Bertz CT molecular complexity index is 567. The Morgan fingerprint density at radius 2 is 2.21 bits per heavy atom. The van der Waals surface area contributed by atoms with Gasteiger partial charge in [-0.2, -0.15) is 0 Å². The average Bonchev–Trinajstić information content (AvgIpc) is 2.86. The van der Waals surface area contributed by atoms with Crippen LogP contribution in [-0.4, -0.2) is 13.1 Å². The van der Waals surface area contributed by atoms with Gasteiger partial charge >= 0.3 is 0 Å². The van der Waals surface area contributed by atoms with E-state index in [9.17, 15) is 0 Å². The number of nitrogens with two attached hydrogens (primary N) is 1. The van der Waals surface area contributed by atoms with Crippen LogP contribution in [0.3, 0.4) is 0 Å². The van der Waals surface area contributed by atoms with Crippen molar-refractivity contribution in [2.75, 3.05) is 18.0 Å². The molecule has 1 unspecified atom stereocenters. The highest BCUT2D eigenvalue weighted by Gasteiger charge is 2.25. The number of hydrogen-bond acceptors (Lipinski definition) is 3. The zero-order valence-electron chi connectivity index (χ0n) is 10.7. The largest absolute Gasteiger partial charge is 0.362 e. The molecule has 2 heterocycles. The number of hydrogen-bond donors (Lipinski definition) is 1. The normalized spacial score (nSPS) is 16.2. The van der Waals surface area contributed by atoms with Crippen LogP contribution < -0.4 is 10.6 Å². The smallest absolute Gasteiger partial charge is 0.0757 e. The second kappa shape index (κ2) is 5.65. The van der Waals surface area contributed by atoms with Gasteiger partial charge in [-0.05, 0) is 46.5 Å². The molecule has 2 aromatic rings. The molecule has 1 aliphatic rings. The molecule has 100 valence electrons. The van der Waals surface area contributed by atoms with Crippen molar-refractivity contribution >= 4 is 33.0 Å². The molecule has 0 amide bonds. The van der Waals surface area contributed by atoms with Gasteiger partial charge in [-0.25, -0.2) is 0 Å². The van der Waals surface area contributed by atoms with Crippen molar-refractivity contribution in [2.45, 2.75) is 18.9 Å². The number of thiophene rings is 1. The summed E-state index contributed by atoms with van der Waals surface area (Å²) in [5.74, 6) is 0. The summed E-state index contributed by atoms with van der Waals surface area (Å²) in [6.45, 7) is 1.75. The number of aryl methyl sites for hydroxylation is 1. The third-order valence-corrected chi connectivity index (χ3v) is 5.46. The van der Waals surface area contributed by atoms with E-state index in [1.165, 1.54) is 29.0 Å². The van der Waals surface area contributed by atoms with E-state index in [1.54, 1.807) is 11.3 Å². The van der Waals surface area contributed by atoms with E-state index in [1.807, 2.05) is 0 Å². The summed E-state index contributed by atoms with van der Waals surface area (Å²) < 4.78 is 1.15. The summed E-state index contributed by atoms with van der Waals surface area (Å²) in [7, 11) is 0. The topological polar surface area (TPSA) is 29.3 Å². The van der Waals surface area contributed by atoms with Gasteiger partial charge in [0.2, 0.25) is 0 Å². The van der Waals surface area contributed by atoms with E-state index >= 15 is 0 Å². The summed E-state index contributed by atoms with van der Waals surface area (Å²) in [6, 6.07) is 11.2. The fourth-order valence-corrected chi connectivity index (χ4v) is 4.36. The second-order valence-corrected chi connectivity index (χ2v) is 6.70. The first-order valence-corrected chi connectivity index (χ1v) is 8.25. The van der Waals surface area contributed by atoms with Crippen LogP contribution >= 0.6 is 27.3 Å². The van der Waals surface area contributed by atoms with Crippen LogP contribution in [0, 0.1) is 0 Å². The first-order chi connectivity index (χ1) is 9.29. The van der Waals surface area contributed by atoms with Crippen LogP contribution in [0.5, 0.6) is 0 Å². The van der Waals surface area contributed by atoms with Gasteiger partial charge in [0.05, 0.1) is 6.04 Å². The number of fused-ring (bicyclic) bond motifs is 1. The lowest BCUT2D eigenvalue weighted by atomic mass is 9.99. The van der Waals surface area contributed by atoms with Crippen molar-refractivity contribution in [3.63, 3.8) is 0 Å². The number of benzene rings is 1. The Hall–Kier alpha value is -0.840. The predicted molar refractivity (Wildman–Crippen MR) is 85.9 cm³/mol. The Kier molecular flexibility index (Phi) is 3.91. The fourth-order valence-electron chi connectivity index (χ4n) is 2.79. The van der Waals surface area contributed by atoms with Gasteiger partial charge < -0.3 is 10.6 Å². The average molecular weight is 337 g/mol. The van der Waals surface area contributed by atoms with Gasteiger partial charge in [0.1, 0.15) is 0 Å². The maximum atomic E-state index is 6.05. The second-order valence-electron chi connectivity index (χ2n) is 4.84. The number of para-hydroxylation sites is 1. The minimum atomic E-state index is 0.290. The number of rotatable bonds is 3. The van der Waals surface area contributed by atoms with Crippen molar-refractivity contribution in [1.29, 1.82) is 0 Å². The maximum absolute atomic E-state index is 6.05. The van der Waals surface area contributed by atoms with Crippen LogP contribution in [0.4, 0.5) is 5.69 Å². The lowest BCUT2D eigenvalue weighted by molar-refractivity contribution is 0.594. The monoisotopic (exact) mass is 336 g/mol. The summed E-state index contributed by atoms with van der Waals surface area (Å²) in [5.41, 5.74) is 8.85. The van der Waals surface area contributed by atoms with E-state index in [-0.39, 0.29) is 6.04 Å². The zero-order valence-corrected chi connectivity index (χ0v) is 13.1. The van der Waals surface area contributed by atoms with Gasteiger partial charge in [0.25, 0.3) is 0 Å². The SMILES string of the molecule is NCC(c1cc(Br)cs1)N1CCCc2ccccc21. The number of halogens is 1. The third kappa shape index (κ3) is 2.57. The van der Waals surface area contributed by atoms with E-state index in [2.05, 4.69) is 56.5 Å². The van der Waals surface area contributed by atoms with Crippen LogP contribution in [-0.2, 0) is 6.42 Å². The third-order valence-electron chi connectivity index (χ3n) is 3.66. The van der Waals surface area contributed by atoms with E-state index in [0.29, 0.717) is 6.54 Å². The summed E-state index contributed by atoms with van der Waals surface area (Å²) >= 11 is 5.32. The molecular weight excluding hydrogens is 320 g/mol. The molecule has 1 atom stereocenters. The molecule has 0 spiro atoms. The highest BCUT2D eigenvalue weighted by molar-refractivity contribution is 9.10. The molecule has 1 aromatic carbocycles.